The van der Waals surface area contributed by atoms with Gasteiger partial charge in [-0.1, -0.05) is 13.8 Å². The summed E-state index contributed by atoms with van der Waals surface area (Å²) in [5.41, 5.74) is 1.16. The molecular formula is C20H37IN4O2S. The van der Waals surface area contributed by atoms with Crippen LogP contribution in [0.4, 0.5) is 0 Å². The Morgan fingerprint density at radius 2 is 2.11 bits per heavy atom. The Morgan fingerprint density at radius 1 is 1.36 bits per heavy atom. The number of nitrogens with zero attached hydrogens (tertiary/aromatic N) is 3. The number of hydrogen-bond donors (Lipinski definition) is 1. The number of hydrogen-bond acceptors (Lipinski definition) is 5. The van der Waals surface area contributed by atoms with E-state index in [1.165, 1.54) is 5.01 Å². The molecule has 28 heavy (non-hydrogen) atoms. The quantitative estimate of drug-likeness (QED) is 0.218. The van der Waals surface area contributed by atoms with Gasteiger partial charge in [-0.2, -0.15) is 0 Å². The van der Waals surface area contributed by atoms with Crippen LogP contribution in [-0.4, -0.2) is 68.4 Å². The van der Waals surface area contributed by atoms with Crippen LogP contribution < -0.4 is 5.32 Å². The summed E-state index contributed by atoms with van der Waals surface area (Å²) in [5, 5.41) is 6.82. The predicted octanol–water partition coefficient (Wildman–Crippen LogP) is 3.91. The number of aliphatic imine (C=N–C) groups is 1. The van der Waals surface area contributed by atoms with Crippen LogP contribution in [0.1, 0.15) is 56.7 Å². The molecule has 1 aliphatic heterocycles. The van der Waals surface area contributed by atoms with Crippen LogP contribution in [0.5, 0.6) is 0 Å². The first kappa shape index (κ1) is 25.6. The van der Waals surface area contributed by atoms with Crippen molar-refractivity contribution in [1.29, 1.82) is 0 Å². The fourth-order valence-electron chi connectivity index (χ4n) is 3.09. The number of nitrogens with one attached hydrogen (secondary N) is 1. The summed E-state index contributed by atoms with van der Waals surface area (Å²) in [6.45, 7) is 11.7. The lowest BCUT2D eigenvalue weighted by Crippen LogP contribution is -2.47. The number of thiazole rings is 1. The zero-order valence-electron chi connectivity index (χ0n) is 17.8. The van der Waals surface area contributed by atoms with Crippen molar-refractivity contribution in [2.75, 3.05) is 46.5 Å². The SMILES string of the molecule is CCNC(=NCCc1csc(C(C)C)n1)N1CCC(OCCCOC)CC1.I. The average Bonchev–Trinajstić information content (AvgIpc) is 3.14. The smallest absolute Gasteiger partial charge is 0.193 e. The van der Waals surface area contributed by atoms with Crippen molar-refractivity contribution in [1.82, 2.24) is 15.2 Å². The van der Waals surface area contributed by atoms with Gasteiger partial charge in [0.1, 0.15) is 0 Å². The average molecular weight is 525 g/mol. The fraction of sp³-hybridized carbons (Fsp3) is 0.800. The van der Waals surface area contributed by atoms with Crippen molar-refractivity contribution in [2.24, 2.45) is 4.99 Å². The summed E-state index contributed by atoms with van der Waals surface area (Å²) >= 11 is 1.76. The van der Waals surface area contributed by atoms with E-state index in [0.717, 1.165) is 76.7 Å². The molecular weight excluding hydrogens is 487 g/mol. The second-order valence-corrected chi connectivity index (χ2v) is 8.11. The van der Waals surface area contributed by atoms with E-state index in [2.05, 4.69) is 36.4 Å². The van der Waals surface area contributed by atoms with E-state index >= 15 is 0 Å². The second kappa shape index (κ2) is 14.5. The van der Waals surface area contributed by atoms with Crippen molar-refractivity contribution >= 4 is 41.3 Å². The van der Waals surface area contributed by atoms with Gasteiger partial charge in [-0.25, -0.2) is 4.98 Å². The van der Waals surface area contributed by atoms with Crippen LogP contribution in [0.2, 0.25) is 0 Å². The molecule has 0 unspecified atom stereocenters. The first-order valence-electron chi connectivity index (χ1n) is 10.2. The molecule has 0 saturated carbocycles. The molecule has 2 heterocycles. The zero-order valence-corrected chi connectivity index (χ0v) is 20.9. The third-order valence-corrected chi connectivity index (χ3v) is 5.81. The number of likely N-dealkylation sites (tertiary alicyclic amines) is 1. The summed E-state index contributed by atoms with van der Waals surface area (Å²) in [4.78, 5) is 11.9. The number of rotatable bonds is 10. The first-order chi connectivity index (χ1) is 13.1. The monoisotopic (exact) mass is 524 g/mol. The van der Waals surface area contributed by atoms with Crippen LogP contribution in [0.3, 0.4) is 0 Å². The van der Waals surface area contributed by atoms with E-state index in [4.69, 9.17) is 19.5 Å². The van der Waals surface area contributed by atoms with Gasteiger partial charge in [-0.05, 0) is 26.2 Å². The van der Waals surface area contributed by atoms with Gasteiger partial charge >= 0.3 is 0 Å². The molecule has 0 atom stereocenters. The van der Waals surface area contributed by atoms with Crippen molar-refractivity contribution in [3.8, 4) is 0 Å². The van der Waals surface area contributed by atoms with Crippen LogP contribution in [0.15, 0.2) is 10.4 Å². The summed E-state index contributed by atoms with van der Waals surface area (Å²) in [6, 6.07) is 0. The molecule has 0 amide bonds. The predicted molar refractivity (Wildman–Crippen MR) is 128 cm³/mol. The number of piperidine rings is 1. The third-order valence-electron chi connectivity index (χ3n) is 4.62. The first-order valence-corrected chi connectivity index (χ1v) is 11.1. The van der Waals surface area contributed by atoms with E-state index in [0.29, 0.717) is 12.0 Å². The molecule has 1 aromatic rings. The molecule has 1 fully saturated rings. The van der Waals surface area contributed by atoms with Gasteiger partial charge in [-0.3, -0.25) is 4.99 Å². The normalized spacial score (nSPS) is 15.8. The Morgan fingerprint density at radius 3 is 2.71 bits per heavy atom. The van der Waals surface area contributed by atoms with E-state index in [1.54, 1.807) is 18.4 Å². The fourth-order valence-corrected chi connectivity index (χ4v) is 3.96. The van der Waals surface area contributed by atoms with E-state index < -0.39 is 0 Å². The molecule has 0 bridgehead atoms. The Bertz CT molecular complexity index is 560. The van der Waals surface area contributed by atoms with Crippen molar-refractivity contribution in [3.05, 3.63) is 16.1 Å². The number of guanidine groups is 1. The maximum atomic E-state index is 5.96. The molecule has 1 saturated heterocycles. The Labute approximate surface area is 191 Å². The summed E-state index contributed by atoms with van der Waals surface area (Å²) in [7, 11) is 1.73. The molecule has 1 N–H and O–H groups in total. The van der Waals surface area contributed by atoms with E-state index in [-0.39, 0.29) is 24.0 Å². The van der Waals surface area contributed by atoms with E-state index in [9.17, 15) is 0 Å². The minimum Gasteiger partial charge on any atom is -0.385 e. The Kier molecular flexibility index (Phi) is 13.3. The van der Waals surface area contributed by atoms with Gasteiger partial charge in [0.05, 0.1) is 16.8 Å². The highest BCUT2D eigenvalue weighted by Gasteiger charge is 2.21. The van der Waals surface area contributed by atoms with Crippen molar-refractivity contribution < 1.29 is 9.47 Å². The van der Waals surface area contributed by atoms with Gasteiger partial charge in [0.15, 0.2) is 5.96 Å². The number of halogens is 1. The number of methoxy groups -OCH3 is 1. The molecule has 0 aromatic carbocycles. The molecule has 0 aliphatic carbocycles. The summed E-state index contributed by atoms with van der Waals surface area (Å²) in [5.74, 6) is 1.53. The second-order valence-electron chi connectivity index (χ2n) is 7.22. The Hall–Kier alpha value is -0.450. The molecule has 0 spiro atoms. The minimum absolute atomic E-state index is 0. The topological polar surface area (TPSA) is 59.0 Å². The summed E-state index contributed by atoms with van der Waals surface area (Å²) in [6.07, 6.45) is 4.35. The van der Waals surface area contributed by atoms with Crippen LogP contribution in [0.25, 0.3) is 0 Å². The van der Waals surface area contributed by atoms with Gasteiger partial charge in [0.25, 0.3) is 0 Å². The molecule has 1 aromatic heterocycles. The molecule has 8 heteroatoms. The number of aromatic nitrogens is 1. The van der Waals surface area contributed by atoms with Crippen LogP contribution >= 0.6 is 35.3 Å². The summed E-state index contributed by atoms with van der Waals surface area (Å²) < 4.78 is 11.0. The minimum atomic E-state index is 0. The Balaban J connectivity index is 0.00000392. The van der Waals surface area contributed by atoms with Crippen LogP contribution in [-0.2, 0) is 15.9 Å². The highest BCUT2D eigenvalue weighted by Crippen LogP contribution is 2.19. The largest absolute Gasteiger partial charge is 0.385 e. The molecule has 162 valence electrons. The van der Waals surface area contributed by atoms with Crippen molar-refractivity contribution in [3.63, 3.8) is 0 Å². The molecule has 2 rings (SSSR count). The molecule has 1 aliphatic rings. The van der Waals surface area contributed by atoms with Gasteiger partial charge in [-0.15, -0.1) is 35.3 Å². The van der Waals surface area contributed by atoms with Gasteiger partial charge in [0, 0.05) is 64.2 Å². The molecule has 6 nitrogen and oxygen atoms in total. The third kappa shape index (κ3) is 8.92. The highest BCUT2D eigenvalue weighted by molar-refractivity contribution is 14.0. The maximum absolute atomic E-state index is 5.96. The number of ether oxygens (including phenoxy) is 2. The van der Waals surface area contributed by atoms with Crippen LogP contribution in [0, 0.1) is 0 Å². The lowest BCUT2D eigenvalue weighted by Gasteiger charge is -2.34. The highest BCUT2D eigenvalue weighted by atomic mass is 127. The van der Waals surface area contributed by atoms with Gasteiger partial charge in [0.2, 0.25) is 0 Å². The standard InChI is InChI=1S/C20H36N4O2S.HI/c1-5-21-20(22-10-7-17-15-27-19(23-17)16(2)3)24-11-8-18(9-12-24)26-14-6-13-25-4;/h15-16,18H,5-14H2,1-4H3,(H,21,22);1H. The van der Waals surface area contributed by atoms with Gasteiger partial charge < -0.3 is 19.7 Å². The lowest BCUT2D eigenvalue weighted by atomic mass is 10.1. The van der Waals surface area contributed by atoms with E-state index in [1.807, 2.05) is 0 Å². The molecule has 0 radical (unpaired) electrons. The lowest BCUT2D eigenvalue weighted by molar-refractivity contribution is 0.00991. The maximum Gasteiger partial charge on any atom is 0.193 e. The zero-order chi connectivity index (χ0) is 19.5. The van der Waals surface area contributed by atoms with Crippen molar-refractivity contribution in [2.45, 2.75) is 58.5 Å².